The van der Waals surface area contributed by atoms with Gasteiger partial charge >= 0.3 is 0 Å². The molecule has 2 nitrogen and oxygen atoms in total. The first-order valence-corrected chi connectivity index (χ1v) is 7.32. The van der Waals surface area contributed by atoms with Crippen molar-refractivity contribution in [2.75, 3.05) is 5.75 Å². The molecular formula is C12H17ClN2S. The largest absolute Gasteiger partial charge is 0.237 e. The number of hydrogen-bond acceptors (Lipinski definition) is 3. The Morgan fingerprint density at radius 3 is 2.88 bits per heavy atom. The van der Waals surface area contributed by atoms with E-state index in [4.69, 9.17) is 11.6 Å². The Hall–Kier alpha value is -0.280. The smallest absolute Gasteiger partial charge is 0.140 e. The van der Waals surface area contributed by atoms with Gasteiger partial charge in [-0.3, -0.25) is 0 Å². The summed E-state index contributed by atoms with van der Waals surface area (Å²) in [5.74, 6) is 3.65. The van der Waals surface area contributed by atoms with Gasteiger partial charge in [0.2, 0.25) is 0 Å². The van der Waals surface area contributed by atoms with Gasteiger partial charge in [-0.2, -0.15) is 11.8 Å². The summed E-state index contributed by atoms with van der Waals surface area (Å²) in [5.41, 5.74) is 2.36. The summed E-state index contributed by atoms with van der Waals surface area (Å²) in [5, 5.41) is 0.683. The Morgan fingerprint density at radius 1 is 1.31 bits per heavy atom. The summed E-state index contributed by atoms with van der Waals surface area (Å²) in [6, 6.07) is 0. The minimum Gasteiger partial charge on any atom is -0.237 e. The Bertz CT molecular complexity index is 380. The second-order valence-corrected chi connectivity index (χ2v) is 6.01. The lowest BCUT2D eigenvalue weighted by atomic mass is 10.3. The van der Waals surface area contributed by atoms with Gasteiger partial charge in [0, 0.05) is 11.3 Å². The molecule has 2 rings (SSSR count). The van der Waals surface area contributed by atoms with E-state index in [2.05, 4.69) is 23.8 Å². The number of rotatable bonds is 4. The van der Waals surface area contributed by atoms with E-state index in [1.54, 1.807) is 0 Å². The molecule has 0 atom stereocenters. The number of hydrogen-bond donors (Lipinski definition) is 0. The molecule has 0 amide bonds. The summed E-state index contributed by atoms with van der Waals surface area (Å²) in [4.78, 5) is 8.97. The fourth-order valence-electron chi connectivity index (χ4n) is 1.89. The van der Waals surface area contributed by atoms with Crippen LogP contribution in [0.1, 0.15) is 37.4 Å². The van der Waals surface area contributed by atoms with E-state index in [-0.39, 0.29) is 0 Å². The predicted octanol–water partition coefficient (Wildman–Crippen LogP) is 3.51. The summed E-state index contributed by atoms with van der Waals surface area (Å²) in [6.07, 6.45) is 3.29. The molecule has 0 N–H and O–H groups in total. The lowest BCUT2D eigenvalue weighted by Crippen LogP contribution is -2.01. The Labute approximate surface area is 106 Å². The van der Waals surface area contributed by atoms with Crippen molar-refractivity contribution < 1.29 is 0 Å². The fraction of sp³-hybridized carbons (Fsp3) is 0.667. The SMILES string of the molecule is CC(C)CSCc1nc(Cl)c2c(n1)CCC2. The van der Waals surface area contributed by atoms with Crippen LogP contribution in [-0.2, 0) is 18.6 Å². The quantitative estimate of drug-likeness (QED) is 0.771. The van der Waals surface area contributed by atoms with Gasteiger partial charge in [-0.1, -0.05) is 25.4 Å². The molecule has 0 radical (unpaired) electrons. The van der Waals surface area contributed by atoms with Crippen LogP contribution >= 0.6 is 23.4 Å². The van der Waals surface area contributed by atoms with E-state index in [1.807, 2.05) is 11.8 Å². The molecule has 0 bridgehead atoms. The van der Waals surface area contributed by atoms with Gasteiger partial charge in [0.05, 0.1) is 5.75 Å². The van der Waals surface area contributed by atoms with Crippen molar-refractivity contribution in [2.24, 2.45) is 5.92 Å². The lowest BCUT2D eigenvalue weighted by molar-refractivity contribution is 0.749. The molecule has 16 heavy (non-hydrogen) atoms. The van der Waals surface area contributed by atoms with E-state index in [1.165, 1.54) is 17.7 Å². The number of nitrogens with zero attached hydrogens (tertiary/aromatic N) is 2. The summed E-state index contributed by atoms with van der Waals surface area (Å²) in [7, 11) is 0. The van der Waals surface area contributed by atoms with Gasteiger partial charge in [-0.05, 0) is 30.9 Å². The van der Waals surface area contributed by atoms with Crippen LogP contribution in [0.3, 0.4) is 0 Å². The second kappa shape index (κ2) is 5.37. The highest BCUT2D eigenvalue weighted by molar-refractivity contribution is 7.98. The van der Waals surface area contributed by atoms with Gasteiger partial charge in [0.25, 0.3) is 0 Å². The Morgan fingerprint density at radius 2 is 2.12 bits per heavy atom. The maximum atomic E-state index is 6.16. The maximum absolute atomic E-state index is 6.16. The highest BCUT2D eigenvalue weighted by atomic mass is 35.5. The third-order valence-electron chi connectivity index (χ3n) is 2.61. The summed E-state index contributed by atoms with van der Waals surface area (Å²) >= 11 is 8.04. The molecule has 0 saturated carbocycles. The van der Waals surface area contributed by atoms with Crippen LogP contribution in [0, 0.1) is 5.92 Å². The Kier molecular flexibility index (Phi) is 4.09. The van der Waals surface area contributed by atoms with Crippen molar-refractivity contribution in [2.45, 2.75) is 38.9 Å². The van der Waals surface area contributed by atoms with Crippen molar-refractivity contribution in [1.29, 1.82) is 0 Å². The molecule has 1 aromatic heterocycles. The molecule has 1 aliphatic carbocycles. The topological polar surface area (TPSA) is 25.8 Å². The predicted molar refractivity (Wildman–Crippen MR) is 70.1 cm³/mol. The molecule has 1 aliphatic rings. The molecule has 0 spiro atoms. The van der Waals surface area contributed by atoms with Crippen molar-refractivity contribution >= 4 is 23.4 Å². The van der Waals surface area contributed by atoms with Crippen molar-refractivity contribution in [3.05, 3.63) is 22.2 Å². The molecular weight excluding hydrogens is 240 g/mol. The van der Waals surface area contributed by atoms with Gasteiger partial charge < -0.3 is 0 Å². The molecule has 88 valence electrons. The van der Waals surface area contributed by atoms with Crippen LogP contribution in [0.4, 0.5) is 0 Å². The molecule has 1 aromatic rings. The lowest BCUT2D eigenvalue weighted by Gasteiger charge is -2.06. The first-order valence-electron chi connectivity index (χ1n) is 5.78. The number of fused-ring (bicyclic) bond motifs is 1. The number of halogens is 1. The zero-order chi connectivity index (χ0) is 11.5. The molecule has 0 aromatic carbocycles. The minimum atomic E-state index is 0.683. The number of aromatic nitrogens is 2. The van der Waals surface area contributed by atoms with Gasteiger partial charge in [0.1, 0.15) is 11.0 Å². The van der Waals surface area contributed by atoms with Crippen LogP contribution in [0.2, 0.25) is 5.15 Å². The molecule has 1 heterocycles. The maximum Gasteiger partial charge on any atom is 0.140 e. The van der Waals surface area contributed by atoms with E-state index >= 15 is 0 Å². The monoisotopic (exact) mass is 256 g/mol. The van der Waals surface area contributed by atoms with Gasteiger partial charge in [0.15, 0.2) is 0 Å². The van der Waals surface area contributed by atoms with Crippen LogP contribution in [0.15, 0.2) is 0 Å². The fourth-order valence-corrected chi connectivity index (χ4v) is 3.09. The normalized spacial score (nSPS) is 14.5. The van der Waals surface area contributed by atoms with Crippen LogP contribution in [0.5, 0.6) is 0 Å². The average Bonchev–Trinajstić information content (AvgIpc) is 2.65. The number of aryl methyl sites for hydroxylation is 1. The van der Waals surface area contributed by atoms with E-state index in [0.717, 1.165) is 36.1 Å². The van der Waals surface area contributed by atoms with Crippen LogP contribution in [-0.4, -0.2) is 15.7 Å². The molecule has 0 fully saturated rings. The van der Waals surface area contributed by atoms with E-state index in [0.29, 0.717) is 5.15 Å². The van der Waals surface area contributed by atoms with Gasteiger partial charge in [-0.25, -0.2) is 9.97 Å². The zero-order valence-corrected chi connectivity index (χ0v) is 11.4. The molecule has 4 heteroatoms. The van der Waals surface area contributed by atoms with Crippen molar-refractivity contribution in [3.63, 3.8) is 0 Å². The molecule has 0 unspecified atom stereocenters. The zero-order valence-electron chi connectivity index (χ0n) is 9.79. The second-order valence-electron chi connectivity index (χ2n) is 4.62. The Balaban J connectivity index is 2.03. The standard InChI is InChI=1S/C12H17ClN2S/c1-8(2)6-16-7-11-14-10-5-3-4-9(10)12(13)15-11/h8H,3-7H2,1-2H3. The third kappa shape index (κ3) is 2.89. The third-order valence-corrected chi connectivity index (χ3v) is 4.29. The van der Waals surface area contributed by atoms with Gasteiger partial charge in [-0.15, -0.1) is 0 Å². The van der Waals surface area contributed by atoms with Crippen molar-refractivity contribution in [3.8, 4) is 0 Å². The van der Waals surface area contributed by atoms with Crippen molar-refractivity contribution in [1.82, 2.24) is 9.97 Å². The van der Waals surface area contributed by atoms with Crippen LogP contribution < -0.4 is 0 Å². The summed E-state index contributed by atoms with van der Waals surface area (Å²) < 4.78 is 0. The average molecular weight is 257 g/mol. The highest BCUT2D eigenvalue weighted by Crippen LogP contribution is 2.26. The molecule has 0 aliphatic heterocycles. The van der Waals surface area contributed by atoms with E-state index in [9.17, 15) is 0 Å². The number of thioether (sulfide) groups is 1. The van der Waals surface area contributed by atoms with E-state index < -0.39 is 0 Å². The summed E-state index contributed by atoms with van der Waals surface area (Å²) in [6.45, 7) is 4.45. The first kappa shape index (κ1) is 12.2. The molecule has 0 saturated heterocycles. The first-order chi connectivity index (χ1) is 7.66. The minimum absolute atomic E-state index is 0.683. The highest BCUT2D eigenvalue weighted by Gasteiger charge is 2.17. The van der Waals surface area contributed by atoms with Crippen LogP contribution in [0.25, 0.3) is 0 Å².